The van der Waals surface area contributed by atoms with Gasteiger partial charge in [0.2, 0.25) is 0 Å². The molecule has 174 valence electrons. The zero-order valence-electron chi connectivity index (χ0n) is 19.1. The highest BCUT2D eigenvalue weighted by Gasteiger charge is 2.23. The first-order valence-corrected chi connectivity index (χ1v) is 11.1. The Kier molecular flexibility index (Phi) is 8.98. The molecule has 2 aliphatic heterocycles. The molecule has 3 heterocycles. The molecule has 32 heavy (non-hydrogen) atoms. The second-order valence-corrected chi connectivity index (χ2v) is 8.35. The number of benzene rings is 1. The fourth-order valence-corrected chi connectivity index (χ4v) is 4.33. The fraction of sp³-hybridized carbons (Fsp3) is 0.500. The van der Waals surface area contributed by atoms with Crippen molar-refractivity contribution in [2.75, 3.05) is 27.2 Å². The minimum absolute atomic E-state index is 0. The normalized spacial score (nSPS) is 19.0. The molecule has 1 fully saturated rings. The van der Waals surface area contributed by atoms with E-state index >= 15 is 0 Å². The van der Waals surface area contributed by atoms with Crippen LogP contribution in [0.5, 0.6) is 11.5 Å². The molecule has 0 spiro atoms. The Hall–Kier alpha value is -2.07. The van der Waals surface area contributed by atoms with Crippen LogP contribution in [0.15, 0.2) is 41.5 Å². The molecule has 0 saturated carbocycles. The van der Waals surface area contributed by atoms with Crippen LogP contribution < -0.4 is 20.1 Å². The average molecular weight is 551 g/mol. The van der Waals surface area contributed by atoms with E-state index < -0.39 is 0 Å². The minimum atomic E-state index is 0. The van der Waals surface area contributed by atoms with E-state index in [0.717, 1.165) is 67.6 Å². The maximum absolute atomic E-state index is 5.92. The molecule has 7 nitrogen and oxygen atoms in total. The molecule has 0 radical (unpaired) electrons. The summed E-state index contributed by atoms with van der Waals surface area (Å²) in [4.78, 5) is 11.3. The van der Waals surface area contributed by atoms with E-state index in [9.17, 15) is 0 Å². The number of aromatic nitrogens is 1. The molecule has 0 amide bonds. The quantitative estimate of drug-likeness (QED) is 0.326. The lowest BCUT2D eigenvalue weighted by molar-refractivity contribution is 0.196. The number of nitrogens with one attached hydrogen (secondary N) is 2. The van der Waals surface area contributed by atoms with Gasteiger partial charge in [-0.05, 0) is 44.0 Å². The van der Waals surface area contributed by atoms with Crippen LogP contribution in [0.1, 0.15) is 36.6 Å². The van der Waals surface area contributed by atoms with E-state index in [2.05, 4.69) is 56.7 Å². The minimum Gasteiger partial charge on any atom is -0.496 e. The lowest BCUT2D eigenvalue weighted by Crippen LogP contribution is -2.48. The molecule has 1 aromatic carbocycles. The molecule has 2 aromatic rings. The first kappa shape index (κ1) is 24.6. The summed E-state index contributed by atoms with van der Waals surface area (Å²) >= 11 is 0. The number of ether oxygens (including phenoxy) is 2. The summed E-state index contributed by atoms with van der Waals surface area (Å²) in [6.45, 7) is 5.75. The largest absolute Gasteiger partial charge is 0.496 e. The van der Waals surface area contributed by atoms with E-state index in [0.29, 0.717) is 12.6 Å². The van der Waals surface area contributed by atoms with Crippen molar-refractivity contribution in [2.45, 2.75) is 51.4 Å². The zero-order chi connectivity index (χ0) is 21.6. The highest BCUT2D eigenvalue weighted by molar-refractivity contribution is 14.0. The summed E-state index contributed by atoms with van der Waals surface area (Å²) in [6, 6.07) is 10.7. The number of nitrogens with zero attached hydrogens (tertiary/aromatic N) is 3. The predicted octanol–water partition coefficient (Wildman–Crippen LogP) is 3.36. The smallest absolute Gasteiger partial charge is 0.191 e. The number of hydrogen-bond acceptors (Lipinski definition) is 5. The van der Waals surface area contributed by atoms with Gasteiger partial charge >= 0.3 is 0 Å². The van der Waals surface area contributed by atoms with E-state index in [4.69, 9.17) is 9.47 Å². The first-order valence-electron chi connectivity index (χ1n) is 11.1. The van der Waals surface area contributed by atoms with Crippen molar-refractivity contribution in [1.82, 2.24) is 20.5 Å². The summed E-state index contributed by atoms with van der Waals surface area (Å²) < 4.78 is 11.5. The summed E-state index contributed by atoms with van der Waals surface area (Å²) in [5.41, 5.74) is 3.42. The van der Waals surface area contributed by atoms with Crippen molar-refractivity contribution in [1.29, 1.82) is 0 Å². The molecule has 1 unspecified atom stereocenters. The Morgan fingerprint density at radius 2 is 2.09 bits per heavy atom. The van der Waals surface area contributed by atoms with Crippen LogP contribution in [0, 0.1) is 0 Å². The Balaban J connectivity index is 0.00000289. The van der Waals surface area contributed by atoms with Crippen LogP contribution in [0.3, 0.4) is 0 Å². The van der Waals surface area contributed by atoms with Gasteiger partial charge in [-0.2, -0.15) is 0 Å². The highest BCUT2D eigenvalue weighted by atomic mass is 127. The molecule has 0 bridgehead atoms. The zero-order valence-corrected chi connectivity index (χ0v) is 21.5. The third-order valence-corrected chi connectivity index (χ3v) is 6.01. The summed E-state index contributed by atoms with van der Waals surface area (Å²) in [7, 11) is 3.53. The van der Waals surface area contributed by atoms with Gasteiger partial charge in [0.05, 0.1) is 12.8 Å². The van der Waals surface area contributed by atoms with Gasteiger partial charge in [-0.3, -0.25) is 14.9 Å². The molecule has 2 aliphatic rings. The van der Waals surface area contributed by atoms with E-state index in [1.807, 2.05) is 19.3 Å². The van der Waals surface area contributed by atoms with Gasteiger partial charge in [-0.25, -0.2) is 0 Å². The van der Waals surface area contributed by atoms with Crippen LogP contribution >= 0.6 is 24.0 Å². The van der Waals surface area contributed by atoms with Crippen molar-refractivity contribution in [3.8, 4) is 11.5 Å². The number of guanidine groups is 1. The maximum atomic E-state index is 5.92. The van der Waals surface area contributed by atoms with Gasteiger partial charge in [-0.1, -0.05) is 6.07 Å². The third kappa shape index (κ3) is 6.25. The Bertz CT molecular complexity index is 901. The number of pyridine rings is 1. The molecule has 8 heteroatoms. The SMILES string of the molecule is CN=C(NCc1cc2c(cc1OC)CC(C)O2)NC1CCN(Cc2ccccn2)CC1.I. The number of rotatable bonds is 6. The van der Waals surface area contributed by atoms with Crippen LogP contribution in [0.25, 0.3) is 0 Å². The summed E-state index contributed by atoms with van der Waals surface area (Å²) in [5.74, 6) is 2.68. The van der Waals surface area contributed by atoms with Crippen LogP contribution in [-0.4, -0.2) is 55.2 Å². The average Bonchev–Trinajstić information content (AvgIpc) is 3.16. The first-order chi connectivity index (χ1) is 15.1. The second kappa shape index (κ2) is 11.7. The molecular weight excluding hydrogens is 517 g/mol. The molecule has 1 aromatic heterocycles. The highest BCUT2D eigenvalue weighted by Crippen LogP contribution is 2.34. The van der Waals surface area contributed by atoms with Gasteiger partial charge in [0.1, 0.15) is 17.6 Å². The van der Waals surface area contributed by atoms with E-state index in [1.54, 1.807) is 7.11 Å². The second-order valence-electron chi connectivity index (χ2n) is 8.35. The molecule has 4 rings (SSSR count). The number of methoxy groups -OCH3 is 1. The van der Waals surface area contributed by atoms with Crippen molar-refractivity contribution in [2.24, 2.45) is 4.99 Å². The number of hydrogen-bond donors (Lipinski definition) is 2. The molecular formula is C24H34IN5O2. The number of halogens is 1. The van der Waals surface area contributed by atoms with Crippen LogP contribution in [0.4, 0.5) is 0 Å². The molecule has 0 aliphatic carbocycles. The molecule has 1 atom stereocenters. The monoisotopic (exact) mass is 551 g/mol. The van der Waals surface area contributed by atoms with E-state index in [1.165, 1.54) is 5.56 Å². The lowest BCUT2D eigenvalue weighted by Gasteiger charge is -2.32. The lowest BCUT2D eigenvalue weighted by atomic mass is 10.0. The van der Waals surface area contributed by atoms with E-state index in [-0.39, 0.29) is 30.1 Å². The van der Waals surface area contributed by atoms with Crippen LogP contribution in [0.2, 0.25) is 0 Å². The summed E-state index contributed by atoms with van der Waals surface area (Å²) in [5, 5.41) is 7.02. The number of likely N-dealkylation sites (tertiary alicyclic amines) is 1. The third-order valence-electron chi connectivity index (χ3n) is 6.01. The van der Waals surface area contributed by atoms with Gasteiger partial charge < -0.3 is 20.1 Å². The fourth-order valence-electron chi connectivity index (χ4n) is 4.33. The Morgan fingerprint density at radius 1 is 1.28 bits per heavy atom. The molecule has 2 N–H and O–H groups in total. The number of aliphatic imine (C=N–C) groups is 1. The van der Waals surface area contributed by atoms with Crippen molar-refractivity contribution in [3.05, 3.63) is 53.3 Å². The van der Waals surface area contributed by atoms with Gasteiger partial charge in [0.25, 0.3) is 0 Å². The van der Waals surface area contributed by atoms with Gasteiger partial charge in [0.15, 0.2) is 5.96 Å². The standard InChI is InChI=1S/C24H33N5O2.HI/c1-17-12-18-13-22(30-3)19(14-23(18)31-17)15-27-24(25-2)28-20-7-10-29(11-8-20)16-21-6-4-5-9-26-21;/h4-6,9,13-14,17,20H,7-8,10-12,15-16H2,1-3H3,(H2,25,27,28);1H. The van der Waals surface area contributed by atoms with Gasteiger partial charge in [0, 0.05) is 63.0 Å². The molecule has 1 saturated heterocycles. The Labute approximate surface area is 208 Å². The number of fused-ring (bicyclic) bond motifs is 1. The topological polar surface area (TPSA) is 71.0 Å². The Morgan fingerprint density at radius 3 is 2.78 bits per heavy atom. The predicted molar refractivity (Wildman–Crippen MR) is 138 cm³/mol. The van der Waals surface area contributed by atoms with Crippen molar-refractivity contribution < 1.29 is 9.47 Å². The maximum Gasteiger partial charge on any atom is 0.191 e. The van der Waals surface area contributed by atoms with Crippen LogP contribution in [-0.2, 0) is 19.5 Å². The van der Waals surface area contributed by atoms with Crippen molar-refractivity contribution in [3.63, 3.8) is 0 Å². The number of piperidine rings is 1. The summed E-state index contributed by atoms with van der Waals surface area (Å²) in [6.07, 6.45) is 5.19. The van der Waals surface area contributed by atoms with Crippen molar-refractivity contribution >= 4 is 29.9 Å². The van der Waals surface area contributed by atoms with Gasteiger partial charge in [-0.15, -0.1) is 24.0 Å².